The lowest BCUT2D eigenvalue weighted by molar-refractivity contribution is 0.102. The Labute approximate surface area is 166 Å². The molecule has 0 aliphatic rings. The molecule has 2 heterocycles. The van der Waals surface area contributed by atoms with E-state index >= 15 is 0 Å². The number of fused-ring (bicyclic) bond motifs is 1. The molecule has 0 N–H and O–H groups in total. The molecule has 0 saturated heterocycles. The van der Waals surface area contributed by atoms with Gasteiger partial charge in [-0.1, -0.05) is 30.0 Å². The molecule has 0 radical (unpaired) electrons. The number of benzene rings is 2. The average Bonchev–Trinajstić information content (AvgIpc) is 3.01. The average molecular weight is 391 g/mol. The zero-order chi connectivity index (χ0) is 19.7. The molecule has 28 heavy (non-hydrogen) atoms. The molecule has 0 aliphatic carbocycles. The topological polar surface area (TPSA) is 47.8 Å². The number of aromatic nitrogens is 3. The van der Waals surface area contributed by atoms with Crippen molar-refractivity contribution in [2.24, 2.45) is 0 Å². The van der Waals surface area contributed by atoms with Crippen LogP contribution in [0.4, 0.5) is 4.39 Å². The zero-order valence-electron chi connectivity index (χ0n) is 15.5. The smallest absolute Gasteiger partial charge is 0.174 e. The summed E-state index contributed by atoms with van der Waals surface area (Å²) in [6.45, 7) is 3.85. The number of para-hydroxylation sites is 1. The van der Waals surface area contributed by atoms with Crippen LogP contribution in [0.3, 0.4) is 0 Å². The van der Waals surface area contributed by atoms with E-state index in [0.29, 0.717) is 5.56 Å². The minimum Gasteiger partial charge on any atom is -0.318 e. The highest BCUT2D eigenvalue weighted by atomic mass is 32.2. The van der Waals surface area contributed by atoms with E-state index in [1.54, 1.807) is 12.1 Å². The lowest BCUT2D eigenvalue weighted by Gasteiger charge is -2.10. The SMILES string of the molecule is Cc1cc(C(=O)CSc2ncnc3ccccc23)c(C)n1-c1ccc(F)cc1. The molecule has 2 aromatic carbocycles. The molecule has 140 valence electrons. The molecule has 0 spiro atoms. The second-order valence-electron chi connectivity index (χ2n) is 6.50. The Balaban J connectivity index is 1.59. The van der Waals surface area contributed by atoms with Gasteiger partial charge in [0.1, 0.15) is 17.2 Å². The van der Waals surface area contributed by atoms with Crippen LogP contribution >= 0.6 is 11.8 Å². The number of aryl methyl sites for hydroxylation is 1. The maximum atomic E-state index is 13.2. The molecule has 0 saturated carbocycles. The molecular weight excluding hydrogens is 373 g/mol. The zero-order valence-corrected chi connectivity index (χ0v) is 16.3. The summed E-state index contributed by atoms with van der Waals surface area (Å²) in [6, 6.07) is 15.9. The van der Waals surface area contributed by atoms with E-state index in [1.807, 2.05) is 48.7 Å². The van der Waals surface area contributed by atoms with E-state index < -0.39 is 0 Å². The summed E-state index contributed by atoms with van der Waals surface area (Å²) < 4.78 is 15.2. The number of halogens is 1. The van der Waals surface area contributed by atoms with Gasteiger partial charge >= 0.3 is 0 Å². The van der Waals surface area contributed by atoms with E-state index in [9.17, 15) is 9.18 Å². The molecular formula is C22H18FN3OS. The normalized spacial score (nSPS) is 11.1. The summed E-state index contributed by atoms with van der Waals surface area (Å²) in [4.78, 5) is 21.5. The maximum Gasteiger partial charge on any atom is 0.174 e. The Morgan fingerprint density at radius 3 is 2.61 bits per heavy atom. The number of carbonyl (C=O) groups is 1. The van der Waals surface area contributed by atoms with Crippen LogP contribution in [0.5, 0.6) is 0 Å². The van der Waals surface area contributed by atoms with Crippen molar-refractivity contribution in [1.29, 1.82) is 0 Å². The second kappa shape index (κ2) is 7.56. The van der Waals surface area contributed by atoms with Crippen molar-refractivity contribution in [3.05, 3.63) is 83.7 Å². The molecule has 4 aromatic rings. The van der Waals surface area contributed by atoms with Gasteiger partial charge in [-0.15, -0.1) is 0 Å². The first-order valence-corrected chi connectivity index (χ1v) is 9.84. The third-order valence-corrected chi connectivity index (χ3v) is 5.67. The number of hydrogen-bond donors (Lipinski definition) is 0. The van der Waals surface area contributed by atoms with E-state index in [1.165, 1.54) is 30.2 Å². The van der Waals surface area contributed by atoms with Gasteiger partial charge in [0.25, 0.3) is 0 Å². The second-order valence-corrected chi connectivity index (χ2v) is 7.47. The van der Waals surface area contributed by atoms with Crippen molar-refractivity contribution >= 4 is 28.4 Å². The van der Waals surface area contributed by atoms with Crippen LogP contribution < -0.4 is 0 Å². The lowest BCUT2D eigenvalue weighted by atomic mass is 10.2. The van der Waals surface area contributed by atoms with Crippen molar-refractivity contribution in [3.63, 3.8) is 0 Å². The predicted molar refractivity (Wildman–Crippen MR) is 110 cm³/mol. The van der Waals surface area contributed by atoms with Gasteiger partial charge in [-0.2, -0.15) is 0 Å². The van der Waals surface area contributed by atoms with Crippen LogP contribution in [0.2, 0.25) is 0 Å². The number of nitrogens with zero attached hydrogens (tertiary/aromatic N) is 3. The molecule has 2 aromatic heterocycles. The number of Topliss-reactive ketones (excluding diaryl/α,β-unsaturated/α-hetero) is 1. The molecule has 4 nitrogen and oxygen atoms in total. The third kappa shape index (κ3) is 3.43. The maximum absolute atomic E-state index is 13.2. The van der Waals surface area contributed by atoms with Gasteiger partial charge in [0.2, 0.25) is 0 Å². The fourth-order valence-electron chi connectivity index (χ4n) is 3.34. The predicted octanol–water partition coefficient (Wildman–Crippen LogP) is 5.15. The first-order valence-electron chi connectivity index (χ1n) is 8.85. The highest BCUT2D eigenvalue weighted by molar-refractivity contribution is 8.00. The quantitative estimate of drug-likeness (QED) is 0.268. The Kier molecular flexibility index (Phi) is 4.96. The van der Waals surface area contributed by atoms with E-state index in [0.717, 1.165) is 33.0 Å². The number of hydrogen-bond acceptors (Lipinski definition) is 4. The van der Waals surface area contributed by atoms with Gasteiger partial charge in [0.15, 0.2) is 5.78 Å². The van der Waals surface area contributed by atoms with Gasteiger partial charge in [-0.05, 0) is 50.2 Å². The molecule has 0 unspecified atom stereocenters. The first-order chi connectivity index (χ1) is 13.5. The summed E-state index contributed by atoms with van der Waals surface area (Å²) >= 11 is 1.41. The summed E-state index contributed by atoms with van der Waals surface area (Å²) in [5.74, 6) is 0.0412. The monoisotopic (exact) mass is 391 g/mol. The number of ketones is 1. The van der Waals surface area contributed by atoms with Gasteiger partial charge in [0, 0.05) is 28.0 Å². The van der Waals surface area contributed by atoms with Crippen molar-refractivity contribution < 1.29 is 9.18 Å². The van der Waals surface area contributed by atoms with Gasteiger partial charge < -0.3 is 4.57 Å². The first kappa shape index (κ1) is 18.4. The van der Waals surface area contributed by atoms with Crippen molar-refractivity contribution in [3.8, 4) is 5.69 Å². The van der Waals surface area contributed by atoms with Crippen molar-refractivity contribution in [2.75, 3.05) is 5.75 Å². The molecule has 6 heteroatoms. The standard InChI is InChI=1S/C22H18FN3OS/c1-14-11-19(15(2)26(14)17-9-7-16(23)8-10-17)21(27)12-28-22-18-5-3-4-6-20(18)24-13-25-22/h3-11,13H,12H2,1-2H3. The highest BCUT2D eigenvalue weighted by Crippen LogP contribution is 2.27. The largest absolute Gasteiger partial charge is 0.318 e. The summed E-state index contributed by atoms with van der Waals surface area (Å²) in [7, 11) is 0. The Hall–Kier alpha value is -2.99. The minimum absolute atomic E-state index is 0.0363. The van der Waals surface area contributed by atoms with Crippen LogP contribution in [-0.2, 0) is 0 Å². The van der Waals surface area contributed by atoms with Crippen LogP contribution in [0, 0.1) is 19.7 Å². The van der Waals surface area contributed by atoms with Gasteiger partial charge in [-0.3, -0.25) is 4.79 Å². The third-order valence-electron chi connectivity index (χ3n) is 4.66. The van der Waals surface area contributed by atoms with E-state index in [4.69, 9.17) is 0 Å². The lowest BCUT2D eigenvalue weighted by Crippen LogP contribution is -2.06. The Morgan fingerprint density at radius 2 is 1.82 bits per heavy atom. The fourth-order valence-corrected chi connectivity index (χ4v) is 4.21. The van der Waals surface area contributed by atoms with Crippen LogP contribution in [-0.4, -0.2) is 26.1 Å². The van der Waals surface area contributed by atoms with E-state index in [2.05, 4.69) is 9.97 Å². The van der Waals surface area contributed by atoms with Crippen LogP contribution in [0.15, 0.2) is 66.0 Å². The fraction of sp³-hybridized carbons (Fsp3) is 0.136. The minimum atomic E-state index is -0.281. The number of thioether (sulfide) groups is 1. The summed E-state index contributed by atoms with van der Waals surface area (Å²) in [5, 5.41) is 1.74. The molecule has 0 amide bonds. The van der Waals surface area contributed by atoms with E-state index in [-0.39, 0.29) is 17.4 Å². The molecule has 4 rings (SSSR count). The molecule has 0 fully saturated rings. The van der Waals surface area contributed by atoms with Crippen molar-refractivity contribution in [1.82, 2.24) is 14.5 Å². The van der Waals surface area contributed by atoms with Crippen LogP contribution in [0.1, 0.15) is 21.7 Å². The molecule has 0 atom stereocenters. The Morgan fingerprint density at radius 1 is 1.07 bits per heavy atom. The highest BCUT2D eigenvalue weighted by Gasteiger charge is 2.17. The van der Waals surface area contributed by atoms with Crippen LogP contribution in [0.25, 0.3) is 16.6 Å². The summed E-state index contributed by atoms with van der Waals surface area (Å²) in [5.41, 5.74) is 4.16. The molecule has 0 aliphatic heterocycles. The molecule has 0 bridgehead atoms. The number of carbonyl (C=O) groups excluding carboxylic acids is 1. The Bertz CT molecular complexity index is 1160. The number of rotatable bonds is 5. The summed E-state index contributed by atoms with van der Waals surface area (Å²) in [6.07, 6.45) is 1.52. The van der Waals surface area contributed by atoms with Crippen molar-refractivity contribution in [2.45, 2.75) is 18.9 Å². The van der Waals surface area contributed by atoms with Gasteiger partial charge in [0.05, 0.1) is 11.3 Å². The van der Waals surface area contributed by atoms with Gasteiger partial charge in [-0.25, -0.2) is 14.4 Å².